The zero-order chi connectivity index (χ0) is 14.6. The number of hydrogen-bond donors (Lipinski definition) is 0. The fraction of sp³-hybridized carbons (Fsp3) is 0.571. The lowest BCUT2D eigenvalue weighted by atomic mass is 10.4. The topological polar surface area (TPSA) is 24.7 Å². The molecule has 4 nitrogen and oxygen atoms in total. The van der Waals surface area contributed by atoms with Crippen LogP contribution < -0.4 is 0 Å². The minimum atomic E-state index is 0.812. The molecule has 20 heavy (non-hydrogen) atoms. The molecule has 0 saturated carbocycles. The van der Waals surface area contributed by atoms with E-state index in [0.717, 1.165) is 45.2 Å². The molecule has 2 aliphatic rings. The van der Waals surface area contributed by atoms with E-state index in [4.69, 9.17) is 0 Å². The second-order valence-electron chi connectivity index (χ2n) is 5.57. The SMILES string of the molecule is CCC[N+]1(C)C=CN=C1SSC1=NC=C[N+]1(C)CCC. The molecule has 0 aliphatic carbocycles. The Hall–Kier alpha value is -0.560. The Labute approximate surface area is 129 Å². The van der Waals surface area contributed by atoms with Crippen LogP contribution in [0.2, 0.25) is 0 Å². The van der Waals surface area contributed by atoms with Crippen molar-refractivity contribution in [3.05, 3.63) is 24.8 Å². The Kier molecular flexibility index (Phi) is 5.12. The van der Waals surface area contributed by atoms with Crippen LogP contribution in [0.4, 0.5) is 0 Å². The van der Waals surface area contributed by atoms with E-state index in [9.17, 15) is 0 Å². The van der Waals surface area contributed by atoms with Crippen molar-refractivity contribution in [2.45, 2.75) is 26.7 Å². The number of rotatable bonds is 4. The molecule has 0 fully saturated rings. The van der Waals surface area contributed by atoms with Gasteiger partial charge in [0.25, 0.3) is 10.3 Å². The zero-order valence-corrected chi connectivity index (χ0v) is 14.4. The molecule has 2 rings (SSSR count). The maximum Gasteiger partial charge on any atom is 0.279 e. The summed E-state index contributed by atoms with van der Waals surface area (Å²) in [5.74, 6) is 0. The van der Waals surface area contributed by atoms with Crippen molar-refractivity contribution in [3.8, 4) is 0 Å². The number of aliphatic imine (C=N–C) groups is 2. The van der Waals surface area contributed by atoms with Gasteiger partial charge in [-0.25, -0.2) is 8.97 Å². The van der Waals surface area contributed by atoms with Crippen LogP contribution in [-0.4, -0.2) is 46.5 Å². The predicted molar refractivity (Wildman–Crippen MR) is 91.0 cm³/mol. The van der Waals surface area contributed by atoms with Gasteiger partial charge in [-0.05, 0) is 12.8 Å². The zero-order valence-electron chi connectivity index (χ0n) is 12.7. The predicted octanol–water partition coefficient (Wildman–Crippen LogP) is 3.76. The fourth-order valence-corrected chi connectivity index (χ4v) is 5.17. The summed E-state index contributed by atoms with van der Waals surface area (Å²) in [5.41, 5.74) is 0. The standard InChI is InChI=1S/C14H24N4S2/c1-5-9-17(3)11-7-15-13(17)19-20-14-16-8-12-18(14,4)10-6-2/h7-8,11-12H,5-6,9-10H2,1-4H3/q+2. The second-order valence-corrected chi connectivity index (χ2v) is 7.63. The third-order valence-corrected chi connectivity index (χ3v) is 6.17. The largest absolute Gasteiger partial charge is 0.279 e. The summed E-state index contributed by atoms with van der Waals surface area (Å²) in [6, 6.07) is 0. The average molecular weight is 313 g/mol. The first-order valence-corrected chi connectivity index (χ1v) is 9.26. The van der Waals surface area contributed by atoms with Crippen molar-refractivity contribution in [2.75, 3.05) is 27.2 Å². The third-order valence-electron chi connectivity index (χ3n) is 3.60. The van der Waals surface area contributed by atoms with E-state index >= 15 is 0 Å². The van der Waals surface area contributed by atoms with Crippen molar-refractivity contribution in [1.82, 2.24) is 0 Å². The molecule has 2 heterocycles. The smallest absolute Gasteiger partial charge is 0.243 e. The van der Waals surface area contributed by atoms with Gasteiger partial charge in [-0.3, -0.25) is 0 Å². The minimum absolute atomic E-state index is 0.812. The van der Waals surface area contributed by atoms with Gasteiger partial charge >= 0.3 is 0 Å². The summed E-state index contributed by atoms with van der Waals surface area (Å²) >= 11 is 0. The molecule has 6 heteroatoms. The van der Waals surface area contributed by atoms with Gasteiger partial charge in [0.15, 0.2) is 0 Å². The molecule has 2 atom stereocenters. The number of amidine groups is 2. The number of quaternary nitrogens is 2. The Morgan fingerprint density at radius 3 is 1.60 bits per heavy atom. The van der Waals surface area contributed by atoms with E-state index in [1.807, 2.05) is 12.4 Å². The van der Waals surface area contributed by atoms with E-state index < -0.39 is 0 Å². The highest BCUT2D eigenvalue weighted by Gasteiger charge is 2.36. The molecule has 2 unspecified atom stereocenters. The Morgan fingerprint density at radius 2 is 1.25 bits per heavy atom. The van der Waals surface area contributed by atoms with Crippen molar-refractivity contribution in [1.29, 1.82) is 0 Å². The summed E-state index contributed by atoms with van der Waals surface area (Å²) in [7, 11) is 7.93. The lowest BCUT2D eigenvalue weighted by molar-refractivity contribution is -0.759. The first kappa shape index (κ1) is 15.8. The van der Waals surface area contributed by atoms with Gasteiger partial charge in [0.05, 0.1) is 39.6 Å². The van der Waals surface area contributed by atoms with Gasteiger partial charge in [0.1, 0.15) is 12.4 Å². The van der Waals surface area contributed by atoms with Crippen LogP contribution in [0.3, 0.4) is 0 Å². The van der Waals surface area contributed by atoms with Crippen LogP contribution in [0, 0.1) is 0 Å². The molecule has 110 valence electrons. The molecular weight excluding hydrogens is 288 g/mol. The van der Waals surface area contributed by atoms with Crippen LogP contribution in [0.25, 0.3) is 0 Å². The molecule has 0 radical (unpaired) electrons. The maximum absolute atomic E-state index is 4.53. The number of nitrogens with zero attached hydrogens (tertiary/aromatic N) is 4. The van der Waals surface area contributed by atoms with Gasteiger partial charge in [-0.1, -0.05) is 13.8 Å². The van der Waals surface area contributed by atoms with Crippen LogP contribution >= 0.6 is 21.6 Å². The fourth-order valence-electron chi connectivity index (χ4n) is 2.44. The van der Waals surface area contributed by atoms with Crippen LogP contribution in [0.1, 0.15) is 26.7 Å². The van der Waals surface area contributed by atoms with Crippen molar-refractivity contribution >= 4 is 31.9 Å². The van der Waals surface area contributed by atoms with Gasteiger partial charge in [-0.15, -0.1) is 0 Å². The van der Waals surface area contributed by atoms with E-state index in [1.54, 1.807) is 21.6 Å². The van der Waals surface area contributed by atoms with Gasteiger partial charge in [-0.2, -0.15) is 9.98 Å². The molecule has 0 aromatic rings. The third kappa shape index (κ3) is 3.19. The van der Waals surface area contributed by atoms with E-state index in [0.29, 0.717) is 0 Å². The Bertz CT molecular complexity index is 440. The molecular formula is C14H24N4S2+2. The van der Waals surface area contributed by atoms with Crippen LogP contribution in [0.5, 0.6) is 0 Å². The van der Waals surface area contributed by atoms with Crippen molar-refractivity contribution in [3.63, 3.8) is 0 Å². The lowest BCUT2D eigenvalue weighted by Gasteiger charge is -2.28. The van der Waals surface area contributed by atoms with E-state index in [-0.39, 0.29) is 0 Å². The van der Waals surface area contributed by atoms with Crippen molar-refractivity contribution < 1.29 is 8.97 Å². The van der Waals surface area contributed by atoms with Gasteiger partial charge in [0.2, 0.25) is 0 Å². The summed E-state index contributed by atoms with van der Waals surface area (Å²) in [5, 5.41) is 2.30. The molecule has 0 saturated heterocycles. The van der Waals surface area contributed by atoms with Gasteiger partial charge < -0.3 is 0 Å². The first-order chi connectivity index (χ1) is 9.54. The molecule has 0 aromatic carbocycles. The molecule has 0 spiro atoms. The summed E-state index contributed by atoms with van der Waals surface area (Å²) < 4.78 is 1.62. The molecule has 0 aromatic heterocycles. The summed E-state index contributed by atoms with van der Waals surface area (Å²) in [6.07, 6.45) is 10.5. The van der Waals surface area contributed by atoms with Gasteiger partial charge in [0, 0.05) is 21.6 Å². The second kappa shape index (κ2) is 6.47. The highest BCUT2D eigenvalue weighted by atomic mass is 33.1. The molecule has 2 aliphatic heterocycles. The Balaban J connectivity index is 1.97. The van der Waals surface area contributed by atoms with Crippen LogP contribution in [0.15, 0.2) is 34.8 Å². The van der Waals surface area contributed by atoms with Crippen LogP contribution in [-0.2, 0) is 0 Å². The monoisotopic (exact) mass is 312 g/mol. The molecule has 0 N–H and O–H groups in total. The first-order valence-electron chi connectivity index (χ1n) is 7.11. The van der Waals surface area contributed by atoms with E-state index in [1.165, 1.54) is 0 Å². The summed E-state index contributed by atoms with van der Waals surface area (Å²) in [4.78, 5) is 9.06. The quantitative estimate of drug-likeness (QED) is 0.583. The summed E-state index contributed by atoms with van der Waals surface area (Å²) in [6.45, 7) is 6.61. The van der Waals surface area contributed by atoms with Crippen molar-refractivity contribution in [2.24, 2.45) is 9.98 Å². The Morgan fingerprint density at radius 1 is 0.850 bits per heavy atom. The highest BCUT2D eigenvalue weighted by Crippen LogP contribution is 2.36. The van der Waals surface area contributed by atoms with E-state index in [2.05, 4.69) is 50.3 Å². The lowest BCUT2D eigenvalue weighted by Crippen LogP contribution is -2.42. The highest BCUT2D eigenvalue weighted by molar-refractivity contribution is 8.87. The molecule has 0 amide bonds. The average Bonchev–Trinajstić information content (AvgIpc) is 2.92. The maximum atomic E-state index is 4.53. The number of hydrogen-bond acceptors (Lipinski definition) is 4. The molecule has 0 bridgehead atoms. The minimum Gasteiger partial charge on any atom is -0.243 e. The normalized spacial score (nSPS) is 31.8.